The third kappa shape index (κ3) is 3.30. The maximum Gasteiger partial charge on any atom is 0.237 e. The Morgan fingerprint density at radius 1 is 1.00 bits per heavy atom. The second-order valence-corrected chi connectivity index (χ2v) is 8.37. The quantitative estimate of drug-likeness (QED) is 0.784. The lowest BCUT2D eigenvalue weighted by Gasteiger charge is -2.44. The zero-order valence-electron chi connectivity index (χ0n) is 14.5. The number of hydrogen-bond acceptors (Lipinski definition) is 3. The molecule has 2 saturated carbocycles. The molecule has 0 radical (unpaired) electrons. The summed E-state index contributed by atoms with van der Waals surface area (Å²) >= 11 is 0. The standard InChI is InChI=1S/C19H32N2O2/c22-18(21-12-13-23-17-7-3-2-6-16(17)21)14-20-11-10-19(15-20)8-4-1-5-9-19/h16-17H,1-15H2/t16-,17+/m1/s1. The molecular weight excluding hydrogens is 288 g/mol. The van der Waals surface area contributed by atoms with Gasteiger partial charge in [-0.1, -0.05) is 32.1 Å². The monoisotopic (exact) mass is 320 g/mol. The fourth-order valence-corrected chi connectivity index (χ4v) is 5.56. The van der Waals surface area contributed by atoms with Crippen LogP contribution in [0.1, 0.15) is 64.2 Å². The maximum atomic E-state index is 12.9. The van der Waals surface area contributed by atoms with E-state index in [1.165, 1.54) is 51.4 Å². The number of carbonyl (C=O) groups is 1. The molecule has 0 aromatic carbocycles. The Kier molecular flexibility index (Phi) is 4.64. The lowest BCUT2D eigenvalue weighted by molar-refractivity contribution is -0.150. The van der Waals surface area contributed by atoms with Crippen molar-refractivity contribution in [2.75, 3.05) is 32.8 Å². The van der Waals surface area contributed by atoms with Crippen LogP contribution in [0.5, 0.6) is 0 Å². The van der Waals surface area contributed by atoms with Crippen LogP contribution in [0.3, 0.4) is 0 Å². The number of fused-ring (bicyclic) bond motifs is 1. The molecule has 0 bridgehead atoms. The number of nitrogens with zero attached hydrogens (tertiary/aromatic N) is 2. The van der Waals surface area contributed by atoms with Crippen molar-refractivity contribution in [3.63, 3.8) is 0 Å². The first-order chi connectivity index (χ1) is 11.3. The molecule has 0 unspecified atom stereocenters. The molecule has 4 rings (SSSR count). The minimum Gasteiger partial charge on any atom is -0.374 e. The topological polar surface area (TPSA) is 32.8 Å². The van der Waals surface area contributed by atoms with E-state index >= 15 is 0 Å². The molecule has 130 valence electrons. The molecule has 0 aromatic heterocycles. The largest absolute Gasteiger partial charge is 0.374 e. The van der Waals surface area contributed by atoms with Crippen LogP contribution >= 0.6 is 0 Å². The van der Waals surface area contributed by atoms with Gasteiger partial charge in [-0.05, 0) is 44.1 Å². The van der Waals surface area contributed by atoms with E-state index in [0.29, 0.717) is 30.0 Å². The van der Waals surface area contributed by atoms with E-state index in [-0.39, 0.29) is 0 Å². The molecule has 2 heterocycles. The lowest BCUT2D eigenvalue weighted by Crippen LogP contribution is -2.56. The van der Waals surface area contributed by atoms with Crippen LogP contribution in [0.4, 0.5) is 0 Å². The Bertz CT molecular complexity index is 431. The molecule has 2 saturated heterocycles. The molecule has 0 N–H and O–H groups in total. The average molecular weight is 320 g/mol. The van der Waals surface area contributed by atoms with Crippen molar-refractivity contribution >= 4 is 5.91 Å². The van der Waals surface area contributed by atoms with Gasteiger partial charge in [-0.25, -0.2) is 0 Å². The minimum absolute atomic E-state index is 0.310. The Hall–Kier alpha value is -0.610. The molecule has 0 aromatic rings. The summed E-state index contributed by atoms with van der Waals surface area (Å²) in [5.41, 5.74) is 0.552. The number of likely N-dealkylation sites (tertiary alicyclic amines) is 1. The maximum absolute atomic E-state index is 12.9. The summed E-state index contributed by atoms with van der Waals surface area (Å²) in [5.74, 6) is 0.359. The normalized spacial score (nSPS) is 34.5. The predicted molar refractivity (Wildman–Crippen MR) is 90.3 cm³/mol. The molecule has 1 amide bonds. The number of morpholine rings is 1. The van der Waals surface area contributed by atoms with Crippen molar-refractivity contribution < 1.29 is 9.53 Å². The zero-order chi connectivity index (χ0) is 15.7. The number of hydrogen-bond donors (Lipinski definition) is 0. The fraction of sp³-hybridized carbons (Fsp3) is 0.947. The van der Waals surface area contributed by atoms with Gasteiger partial charge in [-0.3, -0.25) is 9.69 Å². The summed E-state index contributed by atoms with van der Waals surface area (Å²) in [6, 6.07) is 0.358. The summed E-state index contributed by atoms with van der Waals surface area (Å²) in [6.07, 6.45) is 13.4. The minimum atomic E-state index is 0.310. The van der Waals surface area contributed by atoms with E-state index < -0.39 is 0 Å². The molecule has 4 nitrogen and oxygen atoms in total. The second-order valence-electron chi connectivity index (χ2n) is 8.37. The van der Waals surface area contributed by atoms with Crippen LogP contribution in [0.25, 0.3) is 0 Å². The molecule has 2 aliphatic heterocycles. The van der Waals surface area contributed by atoms with E-state index in [4.69, 9.17) is 4.74 Å². The van der Waals surface area contributed by atoms with Crippen molar-refractivity contribution in [2.24, 2.45) is 5.41 Å². The van der Waals surface area contributed by atoms with Crippen LogP contribution in [-0.2, 0) is 9.53 Å². The molecule has 4 aliphatic rings. The van der Waals surface area contributed by atoms with Gasteiger partial charge in [0.1, 0.15) is 0 Å². The highest BCUT2D eigenvalue weighted by atomic mass is 16.5. The van der Waals surface area contributed by atoms with Gasteiger partial charge in [0.15, 0.2) is 0 Å². The first kappa shape index (κ1) is 15.9. The fourth-order valence-electron chi connectivity index (χ4n) is 5.56. The van der Waals surface area contributed by atoms with Crippen molar-refractivity contribution in [1.29, 1.82) is 0 Å². The average Bonchev–Trinajstić information content (AvgIpc) is 2.97. The highest BCUT2D eigenvalue weighted by Gasteiger charge is 2.41. The first-order valence-corrected chi connectivity index (χ1v) is 9.89. The van der Waals surface area contributed by atoms with Gasteiger partial charge in [0.2, 0.25) is 5.91 Å². The smallest absolute Gasteiger partial charge is 0.237 e. The molecule has 4 heteroatoms. The van der Waals surface area contributed by atoms with Crippen molar-refractivity contribution in [3.05, 3.63) is 0 Å². The van der Waals surface area contributed by atoms with E-state index in [9.17, 15) is 4.79 Å². The van der Waals surface area contributed by atoms with Gasteiger partial charge in [0.25, 0.3) is 0 Å². The van der Waals surface area contributed by atoms with Gasteiger partial charge in [0.05, 0.1) is 25.3 Å². The lowest BCUT2D eigenvalue weighted by atomic mass is 9.73. The Morgan fingerprint density at radius 2 is 1.83 bits per heavy atom. The third-order valence-electron chi connectivity index (χ3n) is 6.84. The second kappa shape index (κ2) is 6.72. The van der Waals surface area contributed by atoms with Crippen LogP contribution < -0.4 is 0 Å². The molecule has 4 fully saturated rings. The summed E-state index contributed by atoms with van der Waals surface area (Å²) in [6.45, 7) is 4.47. The highest BCUT2D eigenvalue weighted by Crippen LogP contribution is 2.43. The number of carbonyl (C=O) groups excluding carboxylic acids is 1. The predicted octanol–water partition coefficient (Wildman–Crippen LogP) is 2.81. The first-order valence-electron chi connectivity index (χ1n) is 9.89. The van der Waals surface area contributed by atoms with Gasteiger partial charge in [0, 0.05) is 13.1 Å². The van der Waals surface area contributed by atoms with Crippen molar-refractivity contribution in [3.8, 4) is 0 Å². The third-order valence-corrected chi connectivity index (χ3v) is 6.84. The molecule has 2 atom stereocenters. The Balaban J connectivity index is 1.34. The van der Waals surface area contributed by atoms with Gasteiger partial charge in [-0.2, -0.15) is 0 Å². The summed E-state index contributed by atoms with van der Waals surface area (Å²) in [5, 5.41) is 0. The van der Waals surface area contributed by atoms with E-state index in [0.717, 1.165) is 39.1 Å². The van der Waals surface area contributed by atoms with Gasteiger partial charge < -0.3 is 9.64 Å². The highest BCUT2D eigenvalue weighted by molar-refractivity contribution is 5.79. The molecule has 1 spiro atoms. The van der Waals surface area contributed by atoms with E-state index in [2.05, 4.69) is 9.80 Å². The molecule has 23 heavy (non-hydrogen) atoms. The SMILES string of the molecule is O=C(CN1CCC2(CCCCC2)C1)N1CCO[C@H]2CCCC[C@H]21. The van der Waals surface area contributed by atoms with Crippen LogP contribution in [0.2, 0.25) is 0 Å². The summed E-state index contributed by atoms with van der Waals surface area (Å²) in [4.78, 5) is 17.5. The van der Waals surface area contributed by atoms with Crippen LogP contribution in [-0.4, -0.2) is 60.6 Å². The van der Waals surface area contributed by atoms with Crippen LogP contribution in [0.15, 0.2) is 0 Å². The van der Waals surface area contributed by atoms with Crippen molar-refractivity contribution in [2.45, 2.75) is 76.4 Å². The summed E-state index contributed by atoms with van der Waals surface area (Å²) < 4.78 is 5.91. The Morgan fingerprint density at radius 3 is 2.70 bits per heavy atom. The number of ether oxygens (including phenoxy) is 1. The van der Waals surface area contributed by atoms with E-state index in [1.54, 1.807) is 0 Å². The van der Waals surface area contributed by atoms with Crippen LogP contribution in [0, 0.1) is 5.41 Å². The van der Waals surface area contributed by atoms with E-state index in [1.807, 2.05) is 0 Å². The Labute approximate surface area is 140 Å². The number of rotatable bonds is 2. The molecule has 2 aliphatic carbocycles. The van der Waals surface area contributed by atoms with Gasteiger partial charge in [-0.15, -0.1) is 0 Å². The zero-order valence-corrected chi connectivity index (χ0v) is 14.5. The molecular formula is C19H32N2O2. The number of amides is 1. The van der Waals surface area contributed by atoms with Crippen molar-refractivity contribution in [1.82, 2.24) is 9.80 Å². The van der Waals surface area contributed by atoms with Gasteiger partial charge >= 0.3 is 0 Å². The summed E-state index contributed by atoms with van der Waals surface area (Å²) in [7, 11) is 0.